The van der Waals surface area contributed by atoms with E-state index >= 15 is 0 Å². The van der Waals surface area contributed by atoms with Crippen molar-refractivity contribution < 1.29 is 9.84 Å². The number of hydrogen-bond donors (Lipinski definition) is 1. The van der Waals surface area contributed by atoms with Crippen molar-refractivity contribution in [2.75, 3.05) is 7.11 Å². The first-order valence-electron chi connectivity index (χ1n) is 8.37. The zero-order valence-electron chi connectivity index (χ0n) is 15.5. The predicted molar refractivity (Wildman–Crippen MR) is 97.3 cm³/mol. The first kappa shape index (κ1) is 17.4. The summed E-state index contributed by atoms with van der Waals surface area (Å²) in [5.41, 5.74) is 3.93. The zero-order valence-corrected chi connectivity index (χ0v) is 15.5. The molecule has 0 aliphatic rings. The van der Waals surface area contributed by atoms with Crippen molar-refractivity contribution in [1.82, 2.24) is 20.0 Å². The van der Waals surface area contributed by atoms with E-state index in [1.54, 1.807) is 25.8 Å². The molecule has 6 heteroatoms. The van der Waals surface area contributed by atoms with Crippen molar-refractivity contribution in [3.8, 4) is 11.4 Å². The smallest absolute Gasteiger partial charge is 0.206 e. The van der Waals surface area contributed by atoms with Gasteiger partial charge in [0.05, 0.1) is 18.4 Å². The average molecular weight is 340 g/mol. The summed E-state index contributed by atoms with van der Waals surface area (Å²) in [5.74, 6) is 1.01. The van der Waals surface area contributed by atoms with Gasteiger partial charge in [-0.25, -0.2) is 4.98 Å². The maximum atomic E-state index is 10.1. The van der Waals surface area contributed by atoms with Crippen LogP contribution in [0.2, 0.25) is 0 Å². The van der Waals surface area contributed by atoms with Crippen LogP contribution in [0.3, 0.4) is 0 Å². The van der Waals surface area contributed by atoms with Gasteiger partial charge >= 0.3 is 0 Å². The molecule has 0 amide bonds. The van der Waals surface area contributed by atoms with Crippen LogP contribution in [0, 0.1) is 6.92 Å². The van der Waals surface area contributed by atoms with E-state index in [4.69, 9.17) is 4.74 Å². The van der Waals surface area contributed by atoms with Gasteiger partial charge in [0.2, 0.25) is 5.65 Å². The molecule has 0 radical (unpaired) electrons. The Bertz CT molecular complexity index is 906. The van der Waals surface area contributed by atoms with E-state index in [0.29, 0.717) is 11.2 Å². The Morgan fingerprint density at radius 3 is 2.28 bits per heavy atom. The Balaban J connectivity index is 2.13. The number of aromatic nitrogens is 4. The quantitative estimate of drug-likeness (QED) is 0.787. The normalized spacial score (nSPS) is 12.2. The van der Waals surface area contributed by atoms with Crippen LogP contribution in [0.15, 0.2) is 24.3 Å². The molecular weight excluding hydrogens is 316 g/mol. The third-order valence-corrected chi connectivity index (χ3v) is 4.31. The van der Waals surface area contributed by atoms with Crippen LogP contribution in [-0.2, 0) is 5.60 Å². The number of nitrogens with zero attached hydrogens (tertiary/aromatic N) is 4. The highest BCUT2D eigenvalue weighted by molar-refractivity contribution is 5.80. The van der Waals surface area contributed by atoms with Gasteiger partial charge in [0.25, 0.3) is 0 Å². The van der Waals surface area contributed by atoms with E-state index in [0.717, 1.165) is 28.3 Å². The van der Waals surface area contributed by atoms with Crippen LogP contribution in [0.4, 0.5) is 0 Å². The second kappa shape index (κ2) is 6.11. The lowest BCUT2D eigenvalue weighted by molar-refractivity contribution is 0.0786. The van der Waals surface area contributed by atoms with Crippen molar-refractivity contribution in [3.63, 3.8) is 0 Å². The van der Waals surface area contributed by atoms with Crippen LogP contribution >= 0.6 is 0 Å². The number of benzene rings is 1. The van der Waals surface area contributed by atoms with Crippen molar-refractivity contribution in [1.29, 1.82) is 0 Å². The molecule has 0 aliphatic carbocycles. The van der Waals surface area contributed by atoms with Crippen molar-refractivity contribution in [2.45, 2.75) is 46.1 Å². The SMILES string of the molecule is COc1c(C(C)C)c(C)nc2nn(-c3ccc(C(C)(C)O)cc3)nc12. The van der Waals surface area contributed by atoms with E-state index in [-0.39, 0.29) is 5.92 Å². The summed E-state index contributed by atoms with van der Waals surface area (Å²) in [6.07, 6.45) is 0. The second-order valence-electron chi connectivity index (χ2n) is 7.07. The highest BCUT2D eigenvalue weighted by Gasteiger charge is 2.21. The van der Waals surface area contributed by atoms with Crippen LogP contribution in [0.1, 0.15) is 50.4 Å². The number of aliphatic hydroxyl groups is 1. The molecule has 0 saturated heterocycles. The monoisotopic (exact) mass is 340 g/mol. The van der Waals surface area contributed by atoms with Crippen molar-refractivity contribution >= 4 is 11.2 Å². The summed E-state index contributed by atoms with van der Waals surface area (Å²) in [4.78, 5) is 6.15. The molecule has 6 nitrogen and oxygen atoms in total. The number of ether oxygens (including phenoxy) is 1. The maximum Gasteiger partial charge on any atom is 0.206 e. The van der Waals surface area contributed by atoms with Gasteiger partial charge in [-0.3, -0.25) is 0 Å². The van der Waals surface area contributed by atoms with Gasteiger partial charge in [0.15, 0.2) is 11.3 Å². The third-order valence-electron chi connectivity index (χ3n) is 4.31. The zero-order chi connectivity index (χ0) is 18.4. The predicted octanol–water partition coefficient (Wildman–Crippen LogP) is 3.48. The molecule has 0 spiro atoms. The van der Waals surface area contributed by atoms with Gasteiger partial charge in [0, 0.05) is 11.3 Å². The molecule has 2 aromatic heterocycles. The van der Waals surface area contributed by atoms with E-state index in [2.05, 4.69) is 29.0 Å². The van der Waals surface area contributed by atoms with Crippen LogP contribution in [0.5, 0.6) is 5.75 Å². The van der Waals surface area contributed by atoms with Gasteiger partial charge in [-0.2, -0.15) is 0 Å². The molecule has 1 aromatic carbocycles. The average Bonchev–Trinajstić information content (AvgIpc) is 2.96. The van der Waals surface area contributed by atoms with Crippen LogP contribution in [0.25, 0.3) is 16.9 Å². The largest absolute Gasteiger partial charge is 0.494 e. The van der Waals surface area contributed by atoms with Gasteiger partial charge in [-0.15, -0.1) is 15.0 Å². The number of hydrogen-bond acceptors (Lipinski definition) is 5. The summed E-state index contributed by atoms with van der Waals surface area (Å²) in [6.45, 7) is 9.70. The van der Waals surface area contributed by atoms with Crippen molar-refractivity contribution in [2.24, 2.45) is 0 Å². The Morgan fingerprint density at radius 2 is 1.76 bits per heavy atom. The van der Waals surface area contributed by atoms with Crippen molar-refractivity contribution in [3.05, 3.63) is 41.1 Å². The number of aryl methyl sites for hydroxylation is 1. The Kier molecular flexibility index (Phi) is 4.24. The fourth-order valence-electron chi connectivity index (χ4n) is 3.04. The molecule has 0 bridgehead atoms. The second-order valence-corrected chi connectivity index (χ2v) is 7.07. The highest BCUT2D eigenvalue weighted by atomic mass is 16.5. The van der Waals surface area contributed by atoms with Crippen LogP contribution in [-0.4, -0.2) is 32.2 Å². The van der Waals surface area contributed by atoms with E-state index < -0.39 is 5.60 Å². The lowest BCUT2D eigenvalue weighted by Crippen LogP contribution is -2.15. The lowest BCUT2D eigenvalue weighted by atomic mass is 9.98. The first-order valence-corrected chi connectivity index (χ1v) is 8.37. The summed E-state index contributed by atoms with van der Waals surface area (Å²) >= 11 is 0. The maximum absolute atomic E-state index is 10.1. The fraction of sp³-hybridized carbons (Fsp3) is 0.421. The third kappa shape index (κ3) is 3.09. The number of pyridine rings is 1. The molecule has 3 aromatic rings. The van der Waals surface area contributed by atoms with Gasteiger partial charge in [-0.1, -0.05) is 26.0 Å². The highest BCUT2D eigenvalue weighted by Crippen LogP contribution is 2.34. The van der Waals surface area contributed by atoms with E-state index in [9.17, 15) is 5.11 Å². The number of rotatable bonds is 4. The van der Waals surface area contributed by atoms with E-state index in [1.807, 2.05) is 31.2 Å². The molecule has 3 rings (SSSR count). The molecule has 0 unspecified atom stereocenters. The molecule has 0 fully saturated rings. The number of methoxy groups -OCH3 is 1. The standard InChI is InChI=1S/C19H24N4O2/c1-11(2)15-12(3)20-18-16(17(15)25-6)21-23(22-18)14-9-7-13(8-10-14)19(4,5)24/h7-11,24H,1-6H3. The van der Waals surface area contributed by atoms with Gasteiger partial charge < -0.3 is 9.84 Å². The minimum absolute atomic E-state index is 0.281. The molecule has 132 valence electrons. The number of fused-ring (bicyclic) bond motifs is 1. The molecule has 0 saturated carbocycles. The summed E-state index contributed by atoms with van der Waals surface area (Å²) < 4.78 is 5.62. The molecule has 0 atom stereocenters. The first-order chi connectivity index (χ1) is 11.7. The Hall–Kier alpha value is -2.47. The molecular formula is C19H24N4O2. The fourth-order valence-corrected chi connectivity index (χ4v) is 3.04. The lowest BCUT2D eigenvalue weighted by Gasteiger charge is -2.17. The molecule has 25 heavy (non-hydrogen) atoms. The molecule has 2 heterocycles. The van der Waals surface area contributed by atoms with Gasteiger partial charge in [0.1, 0.15) is 0 Å². The summed E-state index contributed by atoms with van der Waals surface area (Å²) in [5, 5.41) is 19.2. The minimum Gasteiger partial charge on any atom is -0.494 e. The Labute approximate surface area is 147 Å². The molecule has 1 N–H and O–H groups in total. The van der Waals surface area contributed by atoms with E-state index in [1.165, 1.54) is 0 Å². The summed E-state index contributed by atoms with van der Waals surface area (Å²) in [7, 11) is 1.65. The van der Waals surface area contributed by atoms with Crippen LogP contribution < -0.4 is 4.74 Å². The minimum atomic E-state index is -0.880. The molecule has 0 aliphatic heterocycles. The Morgan fingerprint density at radius 1 is 1.12 bits per heavy atom. The van der Waals surface area contributed by atoms with Gasteiger partial charge in [-0.05, 0) is 44.4 Å². The summed E-state index contributed by atoms with van der Waals surface area (Å²) in [6, 6.07) is 7.52. The topological polar surface area (TPSA) is 73.1 Å².